The number of thioether (sulfide) groups is 1. The van der Waals surface area contributed by atoms with Crippen molar-refractivity contribution in [3.05, 3.63) is 60.2 Å². The monoisotopic (exact) mass is 394 g/mol. The van der Waals surface area contributed by atoms with Crippen LogP contribution in [0.4, 0.5) is 0 Å². The SMILES string of the molecule is CSc1ccc(OC(C)C(=O)N(CCCN)Cc2ccccc2)cc1.Cl. The Morgan fingerprint density at radius 1 is 1.15 bits per heavy atom. The minimum Gasteiger partial charge on any atom is -0.481 e. The van der Waals surface area contributed by atoms with Crippen molar-refractivity contribution in [2.45, 2.75) is 30.9 Å². The highest BCUT2D eigenvalue weighted by atomic mass is 35.5. The van der Waals surface area contributed by atoms with Gasteiger partial charge in [-0.15, -0.1) is 24.2 Å². The van der Waals surface area contributed by atoms with Crippen molar-refractivity contribution in [3.63, 3.8) is 0 Å². The fourth-order valence-electron chi connectivity index (χ4n) is 2.52. The highest BCUT2D eigenvalue weighted by molar-refractivity contribution is 7.98. The first-order valence-corrected chi connectivity index (χ1v) is 9.70. The van der Waals surface area contributed by atoms with Crippen LogP contribution in [0.15, 0.2) is 59.5 Å². The zero-order chi connectivity index (χ0) is 18.1. The molecule has 1 unspecified atom stereocenters. The van der Waals surface area contributed by atoms with Gasteiger partial charge in [0, 0.05) is 18.0 Å². The van der Waals surface area contributed by atoms with Crippen LogP contribution in [-0.4, -0.2) is 36.3 Å². The largest absolute Gasteiger partial charge is 0.481 e. The summed E-state index contributed by atoms with van der Waals surface area (Å²) in [6.45, 7) is 3.55. The van der Waals surface area contributed by atoms with E-state index in [4.69, 9.17) is 10.5 Å². The molecule has 0 aliphatic rings. The summed E-state index contributed by atoms with van der Waals surface area (Å²) in [5.41, 5.74) is 6.73. The van der Waals surface area contributed by atoms with E-state index in [0.29, 0.717) is 25.4 Å². The maximum atomic E-state index is 12.8. The van der Waals surface area contributed by atoms with E-state index in [9.17, 15) is 4.79 Å². The molecule has 0 bridgehead atoms. The second-order valence-corrected chi connectivity index (χ2v) is 6.70. The third kappa shape index (κ3) is 6.90. The number of amides is 1. The molecule has 6 heteroatoms. The predicted molar refractivity (Wildman–Crippen MR) is 111 cm³/mol. The summed E-state index contributed by atoms with van der Waals surface area (Å²) in [5, 5.41) is 0. The number of nitrogens with zero attached hydrogens (tertiary/aromatic N) is 1. The van der Waals surface area contributed by atoms with Crippen LogP contribution in [0.25, 0.3) is 0 Å². The fraction of sp³-hybridized carbons (Fsp3) is 0.350. The first-order chi connectivity index (χ1) is 12.1. The van der Waals surface area contributed by atoms with Gasteiger partial charge >= 0.3 is 0 Å². The van der Waals surface area contributed by atoms with Crippen LogP contribution < -0.4 is 10.5 Å². The average Bonchev–Trinajstić information content (AvgIpc) is 2.66. The van der Waals surface area contributed by atoms with Gasteiger partial charge in [-0.05, 0) is 56.0 Å². The Balaban J connectivity index is 0.00000338. The molecular weight excluding hydrogens is 368 g/mol. The van der Waals surface area contributed by atoms with Gasteiger partial charge in [0.15, 0.2) is 6.10 Å². The van der Waals surface area contributed by atoms with Crippen LogP contribution in [0.3, 0.4) is 0 Å². The van der Waals surface area contributed by atoms with Gasteiger partial charge in [0.25, 0.3) is 5.91 Å². The van der Waals surface area contributed by atoms with Crippen LogP contribution in [0, 0.1) is 0 Å². The summed E-state index contributed by atoms with van der Waals surface area (Å²) in [4.78, 5) is 15.8. The molecule has 26 heavy (non-hydrogen) atoms. The normalized spacial score (nSPS) is 11.3. The minimum atomic E-state index is -0.540. The maximum Gasteiger partial charge on any atom is 0.263 e. The molecule has 0 saturated heterocycles. The van der Waals surface area contributed by atoms with Crippen LogP contribution in [0.1, 0.15) is 18.9 Å². The number of halogens is 1. The van der Waals surface area contributed by atoms with Gasteiger partial charge in [-0.3, -0.25) is 4.79 Å². The van der Waals surface area contributed by atoms with E-state index in [0.717, 1.165) is 12.0 Å². The molecule has 0 radical (unpaired) electrons. The van der Waals surface area contributed by atoms with E-state index in [2.05, 4.69) is 0 Å². The van der Waals surface area contributed by atoms with Crippen molar-refractivity contribution < 1.29 is 9.53 Å². The van der Waals surface area contributed by atoms with E-state index < -0.39 is 6.10 Å². The molecule has 0 aliphatic heterocycles. The number of hydrogen-bond acceptors (Lipinski definition) is 4. The van der Waals surface area contributed by atoms with Gasteiger partial charge < -0.3 is 15.4 Å². The molecule has 2 aromatic carbocycles. The van der Waals surface area contributed by atoms with Crippen molar-refractivity contribution in [2.24, 2.45) is 5.73 Å². The maximum absolute atomic E-state index is 12.8. The molecule has 0 aromatic heterocycles. The molecule has 1 atom stereocenters. The lowest BCUT2D eigenvalue weighted by molar-refractivity contribution is -0.138. The van der Waals surface area contributed by atoms with Gasteiger partial charge in [-0.1, -0.05) is 30.3 Å². The zero-order valence-electron chi connectivity index (χ0n) is 15.3. The number of ether oxygens (including phenoxy) is 1. The van der Waals surface area contributed by atoms with Crippen molar-refractivity contribution >= 4 is 30.1 Å². The number of nitrogens with two attached hydrogens (primary N) is 1. The Hall–Kier alpha value is -1.69. The third-order valence-electron chi connectivity index (χ3n) is 3.88. The molecule has 142 valence electrons. The highest BCUT2D eigenvalue weighted by Gasteiger charge is 2.22. The standard InChI is InChI=1S/C20H26N2O2S.ClH/c1-16(24-18-9-11-19(25-2)12-10-18)20(23)22(14-6-13-21)15-17-7-4-3-5-8-17;/h3-5,7-12,16H,6,13-15,21H2,1-2H3;1H. The van der Waals surface area contributed by atoms with E-state index >= 15 is 0 Å². The molecule has 2 aromatic rings. The zero-order valence-corrected chi connectivity index (χ0v) is 16.9. The molecule has 1 amide bonds. The van der Waals surface area contributed by atoms with Crippen molar-refractivity contribution in [3.8, 4) is 5.75 Å². The highest BCUT2D eigenvalue weighted by Crippen LogP contribution is 2.20. The second-order valence-electron chi connectivity index (χ2n) is 5.82. The lowest BCUT2D eigenvalue weighted by Crippen LogP contribution is -2.41. The Morgan fingerprint density at radius 2 is 1.81 bits per heavy atom. The molecule has 4 nitrogen and oxygen atoms in total. The molecule has 0 aliphatic carbocycles. The quantitative estimate of drug-likeness (QED) is 0.653. The van der Waals surface area contributed by atoms with E-state index in [1.807, 2.05) is 65.8 Å². The summed E-state index contributed by atoms with van der Waals surface area (Å²) in [7, 11) is 0. The Labute approximate surface area is 166 Å². The molecule has 2 N–H and O–H groups in total. The van der Waals surface area contributed by atoms with E-state index in [1.54, 1.807) is 18.7 Å². The molecular formula is C20H27ClN2O2S. The van der Waals surface area contributed by atoms with E-state index in [1.165, 1.54) is 4.90 Å². The molecule has 0 spiro atoms. The summed E-state index contributed by atoms with van der Waals surface area (Å²) in [6.07, 6.45) is 2.26. The number of carbonyl (C=O) groups excluding carboxylic acids is 1. The summed E-state index contributed by atoms with van der Waals surface area (Å²) >= 11 is 1.68. The molecule has 0 saturated carbocycles. The van der Waals surface area contributed by atoms with Crippen molar-refractivity contribution in [2.75, 3.05) is 19.3 Å². The first-order valence-electron chi connectivity index (χ1n) is 8.47. The van der Waals surface area contributed by atoms with Gasteiger partial charge in [0.2, 0.25) is 0 Å². The Kier molecular flexibility index (Phi) is 10.2. The average molecular weight is 395 g/mol. The van der Waals surface area contributed by atoms with E-state index in [-0.39, 0.29) is 18.3 Å². The molecule has 0 fully saturated rings. The number of rotatable bonds is 9. The molecule has 2 rings (SSSR count). The van der Waals surface area contributed by atoms with Crippen LogP contribution in [0.2, 0.25) is 0 Å². The fourth-order valence-corrected chi connectivity index (χ4v) is 2.93. The third-order valence-corrected chi connectivity index (χ3v) is 4.62. The topological polar surface area (TPSA) is 55.6 Å². The van der Waals surface area contributed by atoms with Crippen molar-refractivity contribution in [1.29, 1.82) is 0 Å². The lowest BCUT2D eigenvalue weighted by atomic mass is 10.2. The van der Waals surface area contributed by atoms with Crippen LogP contribution >= 0.6 is 24.2 Å². The van der Waals surface area contributed by atoms with Gasteiger partial charge in [-0.2, -0.15) is 0 Å². The summed E-state index contributed by atoms with van der Waals surface area (Å²) in [6, 6.07) is 17.8. The van der Waals surface area contributed by atoms with Gasteiger partial charge in [-0.25, -0.2) is 0 Å². The second kappa shape index (κ2) is 11.8. The number of carbonyl (C=O) groups is 1. The predicted octanol–water partition coefficient (Wildman–Crippen LogP) is 3.98. The lowest BCUT2D eigenvalue weighted by Gasteiger charge is -2.26. The van der Waals surface area contributed by atoms with Crippen LogP contribution in [0.5, 0.6) is 5.75 Å². The van der Waals surface area contributed by atoms with Crippen molar-refractivity contribution in [1.82, 2.24) is 4.90 Å². The summed E-state index contributed by atoms with van der Waals surface area (Å²) < 4.78 is 5.84. The smallest absolute Gasteiger partial charge is 0.263 e. The number of hydrogen-bond donors (Lipinski definition) is 1. The van der Waals surface area contributed by atoms with Gasteiger partial charge in [0.1, 0.15) is 5.75 Å². The van der Waals surface area contributed by atoms with Gasteiger partial charge in [0.05, 0.1) is 0 Å². The summed E-state index contributed by atoms with van der Waals surface area (Å²) in [5.74, 6) is 0.684. The Bertz CT molecular complexity index is 653. The molecule has 0 heterocycles. The number of benzene rings is 2. The van der Waals surface area contributed by atoms with Crippen LogP contribution in [-0.2, 0) is 11.3 Å². The Morgan fingerprint density at radius 3 is 2.38 bits per heavy atom. The minimum absolute atomic E-state index is 0. The first kappa shape index (κ1) is 22.4.